The third-order valence-electron chi connectivity index (χ3n) is 3.66. The third-order valence-corrected chi connectivity index (χ3v) is 3.66. The van der Waals surface area contributed by atoms with E-state index in [1.54, 1.807) is 0 Å². The Hall–Kier alpha value is -1.55. The maximum atomic E-state index is 12.7. The molecule has 110 valence electrons. The SMILES string of the molecule is CC1CN(C(=O)C(C)c2cccc(N)c2)CC(C)(C)O1. The quantitative estimate of drug-likeness (QED) is 0.844. The van der Waals surface area contributed by atoms with Gasteiger partial charge in [-0.25, -0.2) is 0 Å². The monoisotopic (exact) mass is 276 g/mol. The number of rotatable bonds is 2. The lowest BCUT2D eigenvalue weighted by molar-refractivity contribution is -0.159. The zero-order chi connectivity index (χ0) is 14.9. The van der Waals surface area contributed by atoms with Crippen LogP contribution in [0.4, 0.5) is 5.69 Å². The van der Waals surface area contributed by atoms with Crippen molar-refractivity contribution in [2.24, 2.45) is 0 Å². The first-order valence-electron chi connectivity index (χ1n) is 7.10. The Morgan fingerprint density at radius 2 is 2.20 bits per heavy atom. The summed E-state index contributed by atoms with van der Waals surface area (Å²) in [5, 5.41) is 0. The first kappa shape index (κ1) is 14.9. The van der Waals surface area contributed by atoms with Crippen molar-refractivity contribution < 1.29 is 9.53 Å². The van der Waals surface area contributed by atoms with Crippen LogP contribution < -0.4 is 5.73 Å². The highest BCUT2D eigenvalue weighted by Crippen LogP contribution is 2.25. The average molecular weight is 276 g/mol. The third kappa shape index (κ3) is 3.31. The van der Waals surface area contributed by atoms with E-state index in [1.807, 2.05) is 56.9 Å². The van der Waals surface area contributed by atoms with E-state index in [2.05, 4.69) is 0 Å². The first-order chi connectivity index (χ1) is 9.28. The van der Waals surface area contributed by atoms with E-state index >= 15 is 0 Å². The lowest BCUT2D eigenvalue weighted by Crippen LogP contribution is -2.54. The molecule has 0 bridgehead atoms. The molecule has 1 fully saturated rings. The highest BCUT2D eigenvalue weighted by atomic mass is 16.5. The number of anilines is 1. The Morgan fingerprint density at radius 1 is 1.50 bits per heavy atom. The van der Waals surface area contributed by atoms with Gasteiger partial charge >= 0.3 is 0 Å². The Bertz CT molecular complexity index is 499. The number of morpholine rings is 1. The number of benzene rings is 1. The van der Waals surface area contributed by atoms with Gasteiger partial charge in [0.1, 0.15) is 0 Å². The van der Waals surface area contributed by atoms with Gasteiger partial charge in [-0.3, -0.25) is 4.79 Å². The van der Waals surface area contributed by atoms with Crippen LogP contribution in [0, 0.1) is 0 Å². The normalized spacial score (nSPS) is 23.4. The van der Waals surface area contributed by atoms with Crippen LogP contribution in [0.25, 0.3) is 0 Å². The van der Waals surface area contributed by atoms with Crippen LogP contribution in [0.15, 0.2) is 24.3 Å². The second-order valence-corrected chi connectivity index (χ2v) is 6.30. The van der Waals surface area contributed by atoms with Crippen molar-refractivity contribution in [3.8, 4) is 0 Å². The molecule has 1 aromatic rings. The molecule has 4 nitrogen and oxygen atoms in total. The second-order valence-electron chi connectivity index (χ2n) is 6.30. The van der Waals surface area contributed by atoms with Crippen LogP contribution in [0.1, 0.15) is 39.2 Å². The fraction of sp³-hybridized carbons (Fsp3) is 0.562. The molecule has 0 aliphatic carbocycles. The van der Waals surface area contributed by atoms with Crippen LogP contribution in [-0.2, 0) is 9.53 Å². The van der Waals surface area contributed by atoms with Gasteiger partial charge in [-0.15, -0.1) is 0 Å². The van der Waals surface area contributed by atoms with Gasteiger partial charge in [0.2, 0.25) is 5.91 Å². The highest BCUT2D eigenvalue weighted by molar-refractivity contribution is 5.83. The molecule has 2 atom stereocenters. The van der Waals surface area contributed by atoms with Crippen molar-refractivity contribution >= 4 is 11.6 Å². The van der Waals surface area contributed by atoms with Gasteiger partial charge in [0, 0.05) is 18.8 Å². The van der Waals surface area contributed by atoms with E-state index in [0.29, 0.717) is 18.8 Å². The van der Waals surface area contributed by atoms with Gasteiger partial charge in [-0.2, -0.15) is 0 Å². The number of carbonyl (C=O) groups is 1. The standard InChI is InChI=1S/C16H24N2O2/c1-11-9-18(10-16(3,4)20-11)15(19)12(2)13-6-5-7-14(17)8-13/h5-8,11-12H,9-10,17H2,1-4H3. The van der Waals surface area contributed by atoms with Crippen molar-refractivity contribution in [3.05, 3.63) is 29.8 Å². The van der Waals surface area contributed by atoms with Crippen molar-refractivity contribution in [2.75, 3.05) is 18.8 Å². The zero-order valence-electron chi connectivity index (χ0n) is 12.7. The molecular weight excluding hydrogens is 252 g/mol. The fourth-order valence-corrected chi connectivity index (χ4v) is 2.87. The second kappa shape index (κ2) is 5.44. The number of nitrogens with zero attached hydrogens (tertiary/aromatic N) is 1. The van der Waals surface area contributed by atoms with Crippen LogP contribution >= 0.6 is 0 Å². The smallest absolute Gasteiger partial charge is 0.230 e. The maximum absolute atomic E-state index is 12.7. The molecule has 1 saturated heterocycles. The molecule has 0 spiro atoms. The number of hydrogen-bond donors (Lipinski definition) is 1. The molecule has 2 unspecified atom stereocenters. The number of hydrogen-bond acceptors (Lipinski definition) is 3. The van der Waals surface area contributed by atoms with Crippen molar-refractivity contribution in [1.29, 1.82) is 0 Å². The predicted molar refractivity (Wildman–Crippen MR) is 80.5 cm³/mol. The van der Waals surface area contributed by atoms with E-state index in [4.69, 9.17) is 10.5 Å². The molecular formula is C16H24N2O2. The summed E-state index contributed by atoms with van der Waals surface area (Å²) in [4.78, 5) is 14.6. The molecule has 0 aromatic heterocycles. The molecule has 2 N–H and O–H groups in total. The number of nitrogen functional groups attached to an aromatic ring is 1. The number of amides is 1. The topological polar surface area (TPSA) is 55.6 Å². The maximum Gasteiger partial charge on any atom is 0.230 e. The van der Waals surface area contributed by atoms with Crippen molar-refractivity contribution in [1.82, 2.24) is 4.90 Å². The Balaban J connectivity index is 2.14. The minimum atomic E-state index is -0.289. The van der Waals surface area contributed by atoms with Crippen molar-refractivity contribution in [2.45, 2.75) is 45.3 Å². The molecule has 1 aliphatic rings. The Labute approximate surface area is 120 Å². The Kier molecular flexibility index (Phi) is 4.04. The summed E-state index contributed by atoms with van der Waals surface area (Å²) < 4.78 is 5.84. The van der Waals surface area contributed by atoms with Gasteiger partial charge in [0.05, 0.1) is 17.6 Å². The molecule has 0 radical (unpaired) electrons. The number of nitrogens with two attached hydrogens (primary N) is 1. The fourth-order valence-electron chi connectivity index (χ4n) is 2.87. The summed E-state index contributed by atoms with van der Waals surface area (Å²) in [6.45, 7) is 9.26. The van der Waals surface area contributed by atoms with Crippen molar-refractivity contribution in [3.63, 3.8) is 0 Å². The van der Waals surface area contributed by atoms with Gasteiger partial charge in [0.15, 0.2) is 0 Å². The number of ether oxygens (including phenoxy) is 1. The Morgan fingerprint density at radius 3 is 2.80 bits per heavy atom. The molecule has 2 rings (SSSR count). The summed E-state index contributed by atoms with van der Waals surface area (Å²) >= 11 is 0. The lowest BCUT2D eigenvalue weighted by atomic mass is 9.97. The van der Waals surface area contributed by atoms with Crippen LogP contribution in [0.3, 0.4) is 0 Å². The molecule has 4 heteroatoms. The number of carbonyl (C=O) groups excluding carboxylic acids is 1. The van der Waals surface area contributed by atoms with E-state index in [9.17, 15) is 4.79 Å². The first-order valence-corrected chi connectivity index (χ1v) is 7.10. The van der Waals surface area contributed by atoms with E-state index < -0.39 is 0 Å². The van der Waals surface area contributed by atoms with Crippen LogP contribution in [0.2, 0.25) is 0 Å². The molecule has 20 heavy (non-hydrogen) atoms. The minimum Gasteiger partial charge on any atom is -0.399 e. The van der Waals surface area contributed by atoms with E-state index in [1.165, 1.54) is 0 Å². The molecule has 1 heterocycles. The van der Waals surface area contributed by atoms with Gasteiger partial charge in [-0.1, -0.05) is 12.1 Å². The van der Waals surface area contributed by atoms with Gasteiger partial charge < -0.3 is 15.4 Å². The molecule has 1 amide bonds. The minimum absolute atomic E-state index is 0.0655. The summed E-state index contributed by atoms with van der Waals surface area (Å²) in [6, 6.07) is 7.55. The van der Waals surface area contributed by atoms with E-state index in [-0.39, 0.29) is 23.5 Å². The van der Waals surface area contributed by atoms with Gasteiger partial charge in [0.25, 0.3) is 0 Å². The highest BCUT2D eigenvalue weighted by Gasteiger charge is 2.35. The zero-order valence-corrected chi connectivity index (χ0v) is 12.7. The predicted octanol–water partition coefficient (Wildman–Crippen LogP) is 2.40. The summed E-state index contributed by atoms with van der Waals surface area (Å²) in [7, 11) is 0. The van der Waals surface area contributed by atoms with Gasteiger partial charge in [-0.05, 0) is 45.4 Å². The molecule has 0 saturated carbocycles. The van der Waals surface area contributed by atoms with Crippen LogP contribution in [0.5, 0.6) is 0 Å². The van der Waals surface area contributed by atoms with E-state index in [0.717, 1.165) is 5.56 Å². The lowest BCUT2D eigenvalue weighted by Gasteiger charge is -2.42. The summed E-state index contributed by atoms with van der Waals surface area (Å²) in [5.41, 5.74) is 7.16. The average Bonchev–Trinajstić information content (AvgIpc) is 2.34. The largest absolute Gasteiger partial charge is 0.399 e. The molecule has 1 aliphatic heterocycles. The molecule has 1 aromatic carbocycles. The summed E-state index contributed by atoms with van der Waals surface area (Å²) in [6.07, 6.45) is 0.0655. The van der Waals surface area contributed by atoms with Crippen LogP contribution in [-0.4, -0.2) is 35.6 Å². The summed E-state index contributed by atoms with van der Waals surface area (Å²) in [5.74, 6) is -0.0431.